The van der Waals surface area contributed by atoms with Crippen LogP contribution in [0.2, 0.25) is 0 Å². The molecule has 1 aromatic carbocycles. The van der Waals surface area contributed by atoms with Crippen molar-refractivity contribution in [2.45, 2.75) is 37.5 Å². The molecule has 1 aliphatic heterocycles. The van der Waals surface area contributed by atoms with E-state index in [9.17, 15) is 13.2 Å². The molecule has 1 aliphatic rings. The second-order valence-corrected chi connectivity index (χ2v) is 8.84. The molecule has 2 aromatic rings. The maximum absolute atomic E-state index is 12.8. The number of hydrogen-bond acceptors (Lipinski definition) is 4. The number of hydrogen-bond donors (Lipinski definition) is 1. The molecule has 1 saturated heterocycles. The lowest BCUT2D eigenvalue weighted by Crippen LogP contribution is -2.31. The van der Waals surface area contributed by atoms with Crippen LogP contribution in [-0.4, -0.2) is 36.7 Å². The zero-order valence-electron chi connectivity index (χ0n) is 16.0. The van der Waals surface area contributed by atoms with Gasteiger partial charge in [0.05, 0.1) is 16.8 Å². The summed E-state index contributed by atoms with van der Waals surface area (Å²) in [6.45, 7) is 3.06. The molecule has 3 rings (SSSR count). The number of carbonyl (C=O) groups is 1. The lowest BCUT2D eigenvalue weighted by atomic mass is 10.2. The number of rotatable bonds is 5. The minimum Gasteiger partial charge on any atom is -0.321 e. The number of sulfonamides is 1. The lowest BCUT2D eigenvalue weighted by molar-refractivity contribution is -0.111. The van der Waals surface area contributed by atoms with E-state index in [-0.39, 0.29) is 5.91 Å². The Balaban J connectivity index is 1.66. The van der Waals surface area contributed by atoms with Crippen LogP contribution in [0.3, 0.4) is 0 Å². The number of carbonyl (C=O) groups excluding carboxylic acids is 1. The second-order valence-electron chi connectivity index (χ2n) is 6.90. The smallest absolute Gasteiger partial charge is 0.248 e. The Morgan fingerprint density at radius 3 is 2.39 bits per heavy atom. The van der Waals surface area contributed by atoms with Gasteiger partial charge in [0.25, 0.3) is 0 Å². The van der Waals surface area contributed by atoms with Crippen molar-refractivity contribution in [3.05, 3.63) is 59.9 Å². The highest BCUT2D eigenvalue weighted by Gasteiger charge is 2.24. The van der Waals surface area contributed by atoms with Crippen LogP contribution in [0.15, 0.2) is 53.7 Å². The first-order chi connectivity index (χ1) is 13.5. The summed E-state index contributed by atoms with van der Waals surface area (Å²) in [4.78, 5) is 16.4. The highest BCUT2D eigenvalue weighted by Crippen LogP contribution is 2.21. The van der Waals surface area contributed by atoms with Crippen LogP contribution >= 0.6 is 0 Å². The number of aromatic nitrogens is 1. The Bertz CT molecular complexity index is 945. The summed E-state index contributed by atoms with van der Waals surface area (Å²) < 4.78 is 27.2. The van der Waals surface area contributed by atoms with Gasteiger partial charge in [-0.25, -0.2) is 8.42 Å². The van der Waals surface area contributed by atoms with Crippen molar-refractivity contribution in [3.8, 4) is 0 Å². The van der Waals surface area contributed by atoms with E-state index in [1.54, 1.807) is 47.0 Å². The molecule has 1 aromatic heterocycles. The number of anilines is 1. The summed E-state index contributed by atoms with van der Waals surface area (Å²) in [6, 6.07) is 8.45. The quantitative estimate of drug-likeness (QED) is 0.779. The Kier molecular flexibility index (Phi) is 6.59. The van der Waals surface area contributed by atoms with E-state index >= 15 is 0 Å². The van der Waals surface area contributed by atoms with Crippen molar-refractivity contribution < 1.29 is 13.2 Å². The Hall–Kier alpha value is -2.51. The van der Waals surface area contributed by atoms with E-state index in [1.807, 2.05) is 13.0 Å². The monoisotopic (exact) mass is 399 g/mol. The molecule has 1 amide bonds. The number of nitrogens with one attached hydrogen (secondary N) is 1. The number of pyridine rings is 1. The van der Waals surface area contributed by atoms with E-state index < -0.39 is 10.0 Å². The Labute approximate surface area is 166 Å². The summed E-state index contributed by atoms with van der Waals surface area (Å²) in [5.41, 5.74) is 2.35. The third-order valence-electron chi connectivity index (χ3n) is 4.81. The van der Waals surface area contributed by atoms with Crippen molar-refractivity contribution >= 4 is 27.7 Å². The fourth-order valence-corrected chi connectivity index (χ4v) is 4.64. The highest BCUT2D eigenvalue weighted by atomic mass is 32.2. The van der Waals surface area contributed by atoms with Gasteiger partial charge in [-0.15, -0.1) is 0 Å². The molecule has 7 heteroatoms. The van der Waals surface area contributed by atoms with Crippen LogP contribution in [0.4, 0.5) is 5.69 Å². The lowest BCUT2D eigenvalue weighted by Gasteiger charge is -2.19. The van der Waals surface area contributed by atoms with Gasteiger partial charge >= 0.3 is 0 Å². The van der Waals surface area contributed by atoms with Gasteiger partial charge in [0.2, 0.25) is 15.9 Å². The molecule has 1 N–H and O–H groups in total. The van der Waals surface area contributed by atoms with Crippen molar-refractivity contribution in [2.24, 2.45) is 0 Å². The molecule has 0 spiro atoms. The molecule has 0 radical (unpaired) electrons. The zero-order chi connectivity index (χ0) is 20.0. The van der Waals surface area contributed by atoms with E-state index in [1.165, 1.54) is 6.08 Å². The molecule has 1 fully saturated rings. The van der Waals surface area contributed by atoms with Crippen molar-refractivity contribution in [1.82, 2.24) is 9.29 Å². The first-order valence-corrected chi connectivity index (χ1v) is 10.9. The Morgan fingerprint density at radius 2 is 1.75 bits per heavy atom. The molecule has 2 heterocycles. The highest BCUT2D eigenvalue weighted by molar-refractivity contribution is 7.89. The minimum absolute atomic E-state index is 0.266. The molecule has 0 bridgehead atoms. The second kappa shape index (κ2) is 9.12. The molecular formula is C21H25N3O3S. The summed E-state index contributed by atoms with van der Waals surface area (Å²) in [7, 11) is -3.46. The van der Waals surface area contributed by atoms with Gasteiger partial charge in [0.1, 0.15) is 0 Å². The van der Waals surface area contributed by atoms with Crippen molar-refractivity contribution in [2.75, 3.05) is 18.4 Å². The topological polar surface area (TPSA) is 79.4 Å². The number of amides is 1. The van der Waals surface area contributed by atoms with Gasteiger partial charge in [-0.05, 0) is 55.2 Å². The minimum atomic E-state index is -3.46. The van der Waals surface area contributed by atoms with Gasteiger partial charge in [-0.1, -0.05) is 25.0 Å². The van der Waals surface area contributed by atoms with E-state index in [2.05, 4.69) is 10.3 Å². The largest absolute Gasteiger partial charge is 0.321 e. The summed E-state index contributed by atoms with van der Waals surface area (Å²) in [5, 5.41) is 2.77. The average Bonchev–Trinajstić information content (AvgIpc) is 2.99. The summed E-state index contributed by atoms with van der Waals surface area (Å²) in [6.07, 6.45) is 10.3. The molecular weight excluding hydrogens is 374 g/mol. The van der Waals surface area contributed by atoms with Crippen LogP contribution < -0.4 is 5.32 Å². The predicted octanol–water partition coefficient (Wildman–Crippen LogP) is 3.61. The van der Waals surface area contributed by atoms with Crippen LogP contribution in [-0.2, 0) is 14.8 Å². The third-order valence-corrected chi connectivity index (χ3v) is 6.72. The zero-order valence-corrected chi connectivity index (χ0v) is 16.8. The first kappa shape index (κ1) is 20.2. The van der Waals surface area contributed by atoms with E-state index in [0.717, 1.165) is 36.8 Å². The van der Waals surface area contributed by atoms with E-state index in [4.69, 9.17) is 0 Å². The summed E-state index contributed by atoms with van der Waals surface area (Å²) >= 11 is 0. The third kappa shape index (κ3) is 5.05. The first-order valence-electron chi connectivity index (χ1n) is 9.47. The predicted molar refractivity (Wildman–Crippen MR) is 110 cm³/mol. The maximum Gasteiger partial charge on any atom is 0.248 e. The normalized spacial score (nSPS) is 16.0. The van der Waals surface area contributed by atoms with Crippen molar-refractivity contribution in [3.63, 3.8) is 0 Å². The van der Waals surface area contributed by atoms with Gasteiger partial charge in [0, 0.05) is 25.4 Å². The number of aryl methyl sites for hydroxylation is 1. The van der Waals surface area contributed by atoms with Crippen LogP contribution in [0.5, 0.6) is 0 Å². The van der Waals surface area contributed by atoms with E-state index in [0.29, 0.717) is 23.7 Å². The molecule has 0 atom stereocenters. The fraction of sp³-hybridized carbons (Fsp3) is 0.333. The Morgan fingerprint density at radius 1 is 1.07 bits per heavy atom. The standard InChI is InChI=1S/C21H25N3O3S/c1-17-12-13-22-16-20(17)23-21(25)11-8-18-6-9-19(10-7-18)28(26,27)24-14-4-2-3-5-15-24/h6-13,16H,2-5,14-15H2,1H3,(H,23,25)/b11-8+. The van der Waals surface area contributed by atoms with Gasteiger partial charge in [-0.2, -0.15) is 4.31 Å². The molecule has 0 saturated carbocycles. The average molecular weight is 400 g/mol. The van der Waals surface area contributed by atoms with Gasteiger partial charge < -0.3 is 5.32 Å². The molecule has 148 valence electrons. The van der Waals surface area contributed by atoms with Crippen LogP contribution in [0.25, 0.3) is 6.08 Å². The van der Waals surface area contributed by atoms with Gasteiger partial charge in [-0.3, -0.25) is 9.78 Å². The van der Waals surface area contributed by atoms with Crippen molar-refractivity contribution in [1.29, 1.82) is 0 Å². The summed E-state index contributed by atoms with van der Waals surface area (Å²) in [5.74, 6) is -0.266. The number of benzene rings is 1. The SMILES string of the molecule is Cc1ccncc1NC(=O)/C=C/c1ccc(S(=O)(=O)N2CCCCCC2)cc1. The maximum atomic E-state index is 12.8. The fourth-order valence-electron chi connectivity index (χ4n) is 3.12. The number of nitrogens with zero attached hydrogens (tertiary/aromatic N) is 2. The molecule has 0 unspecified atom stereocenters. The van der Waals surface area contributed by atoms with Crippen LogP contribution in [0.1, 0.15) is 36.8 Å². The van der Waals surface area contributed by atoms with Gasteiger partial charge in [0.15, 0.2) is 0 Å². The molecule has 28 heavy (non-hydrogen) atoms. The van der Waals surface area contributed by atoms with Crippen LogP contribution in [0, 0.1) is 6.92 Å². The molecule has 0 aliphatic carbocycles. The molecule has 6 nitrogen and oxygen atoms in total.